The van der Waals surface area contributed by atoms with Gasteiger partial charge in [-0.1, -0.05) is 30.7 Å². The number of carboxylic acid groups (broad SMARTS) is 1. The van der Waals surface area contributed by atoms with Gasteiger partial charge in [-0.15, -0.1) is 0 Å². The standard InChI is InChI=1S/C14H18ClNO2/c1-9-3-4-11(5-13(9)15)6-16-7-12(8-16)10(2)14(17)18/h3-5,10,12H,6-8H2,1-2H3,(H,17,18). The molecular weight excluding hydrogens is 250 g/mol. The summed E-state index contributed by atoms with van der Waals surface area (Å²) in [4.78, 5) is 13.1. The molecule has 2 rings (SSSR count). The largest absolute Gasteiger partial charge is 0.481 e. The lowest BCUT2D eigenvalue weighted by molar-refractivity contribution is -0.145. The second-order valence-electron chi connectivity index (χ2n) is 5.16. The number of halogens is 1. The first-order chi connectivity index (χ1) is 8.47. The van der Waals surface area contributed by atoms with E-state index in [-0.39, 0.29) is 11.8 Å². The van der Waals surface area contributed by atoms with E-state index in [0.717, 1.165) is 30.2 Å². The second kappa shape index (κ2) is 5.29. The molecule has 1 aromatic carbocycles. The van der Waals surface area contributed by atoms with E-state index in [2.05, 4.69) is 11.0 Å². The van der Waals surface area contributed by atoms with Gasteiger partial charge >= 0.3 is 5.97 Å². The number of hydrogen-bond acceptors (Lipinski definition) is 2. The van der Waals surface area contributed by atoms with E-state index in [1.807, 2.05) is 19.1 Å². The molecule has 1 atom stereocenters. The van der Waals surface area contributed by atoms with E-state index in [1.165, 1.54) is 5.56 Å². The van der Waals surface area contributed by atoms with Gasteiger partial charge in [0.25, 0.3) is 0 Å². The highest BCUT2D eigenvalue weighted by atomic mass is 35.5. The summed E-state index contributed by atoms with van der Waals surface area (Å²) in [7, 11) is 0. The summed E-state index contributed by atoms with van der Waals surface area (Å²) < 4.78 is 0. The molecule has 3 nitrogen and oxygen atoms in total. The van der Waals surface area contributed by atoms with Crippen LogP contribution in [0.3, 0.4) is 0 Å². The molecule has 0 aliphatic carbocycles. The average molecular weight is 268 g/mol. The Hall–Kier alpha value is -1.06. The molecule has 1 N–H and O–H groups in total. The van der Waals surface area contributed by atoms with Crippen LogP contribution in [0.15, 0.2) is 18.2 Å². The fraction of sp³-hybridized carbons (Fsp3) is 0.500. The molecule has 1 saturated heterocycles. The Bertz CT molecular complexity index is 455. The minimum Gasteiger partial charge on any atom is -0.481 e. The molecule has 0 saturated carbocycles. The highest BCUT2D eigenvalue weighted by molar-refractivity contribution is 6.31. The van der Waals surface area contributed by atoms with Crippen molar-refractivity contribution in [3.63, 3.8) is 0 Å². The average Bonchev–Trinajstić information content (AvgIpc) is 2.26. The SMILES string of the molecule is Cc1ccc(CN2CC(C(C)C(=O)O)C2)cc1Cl. The van der Waals surface area contributed by atoms with Gasteiger partial charge < -0.3 is 5.11 Å². The van der Waals surface area contributed by atoms with Crippen molar-refractivity contribution in [2.24, 2.45) is 11.8 Å². The fourth-order valence-corrected chi connectivity index (χ4v) is 2.45. The van der Waals surface area contributed by atoms with Gasteiger partial charge in [-0.3, -0.25) is 9.69 Å². The van der Waals surface area contributed by atoms with Crippen molar-refractivity contribution in [1.29, 1.82) is 0 Å². The van der Waals surface area contributed by atoms with Crippen molar-refractivity contribution < 1.29 is 9.90 Å². The maximum absolute atomic E-state index is 10.8. The van der Waals surface area contributed by atoms with Crippen LogP contribution in [0.4, 0.5) is 0 Å². The lowest BCUT2D eigenvalue weighted by Gasteiger charge is -2.41. The molecule has 1 unspecified atom stereocenters. The van der Waals surface area contributed by atoms with E-state index < -0.39 is 5.97 Å². The zero-order valence-electron chi connectivity index (χ0n) is 10.7. The monoisotopic (exact) mass is 267 g/mol. The van der Waals surface area contributed by atoms with Crippen molar-refractivity contribution in [2.75, 3.05) is 13.1 Å². The van der Waals surface area contributed by atoms with Crippen LogP contribution in [0.1, 0.15) is 18.1 Å². The van der Waals surface area contributed by atoms with Crippen molar-refractivity contribution >= 4 is 17.6 Å². The van der Waals surface area contributed by atoms with Gasteiger partial charge in [-0.05, 0) is 30.0 Å². The molecule has 1 aliphatic heterocycles. The molecule has 18 heavy (non-hydrogen) atoms. The third-order valence-electron chi connectivity index (χ3n) is 3.72. The number of nitrogens with zero attached hydrogens (tertiary/aromatic N) is 1. The molecule has 0 aromatic heterocycles. The summed E-state index contributed by atoms with van der Waals surface area (Å²) in [5, 5.41) is 9.72. The van der Waals surface area contributed by atoms with Crippen LogP contribution in [0.25, 0.3) is 0 Å². The number of benzene rings is 1. The van der Waals surface area contributed by atoms with Crippen LogP contribution in [0.2, 0.25) is 5.02 Å². The number of likely N-dealkylation sites (tertiary alicyclic amines) is 1. The Balaban J connectivity index is 1.86. The molecule has 98 valence electrons. The molecule has 4 heteroatoms. The molecule has 0 radical (unpaired) electrons. The predicted octanol–water partition coefficient (Wildman–Crippen LogP) is 2.80. The van der Waals surface area contributed by atoms with Gasteiger partial charge in [0.2, 0.25) is 0 Å². The number of aryl methyl sites for hydroxylation is 1. The first-order valence-electron chi connectivity index (χ1n) is 6.17. The number of hydrogen-bond donors (Lipinski definition) is 1. The molecule has 0 bridgehead atoms. The highest BCUT2D eigenvalue weighted by Gasteiger charge is 2.34. The summed E-state index contributed by atoms with van der Waals surface area (Å²) >= 11 is 6.08. The van der Waals surface area contributed by atoms with Crippen molar-refractivity contribution in [1.82, 2.24) is 4.90 Å². The van der Waals surface area contributed by atoms with E-state index in [1.54, 1.807) is 6.92 Å². The zero-order chi connectivity index (χ0) is 13.3. The number of rotatable bonds is 4. The van der Waals surface area contributed by atoms with Gasteiger partial charge in [0.15, 0.2) is 0 Å². The third-order valence-corrected chi connectivity index (χ3v) is 4.13. The van der Waals surface area contributed by atoms with E-state index >= 15 is 0 Å². The molecule has 1 heterocycles. The number of aliphatic carboxylic acids is 1. The van der Waals surface area contributed by atoms with Crippen molar-refractivity contribution in [3.8, 4) is 0 Å². The summed E-state index contributed by atoms with van der Waals surface area (Å²) in [6, 6.07) is 6.09. The van der Waals surface area contributed by atoms with E-state index in [9.17, 15) is 4.79 Å². The Labute approximate surface area is 112 Å². The van der Waals surface area contributed by atoms with Gasteiger partial charge in [0, 0.05) is 24.7 Å². The summed E-state index contributed by atoms with van der Waals surface area (Å²) in [6.07, 6.45) is 0. The Morgan fingerprint density at radius 2 is 2.22 bits per heavy atom. The van der Waals surface area contributed by atoms with Crippen molar-refractivity contribution in [2.45, 2.75) is 20.4 Å². The minimum absolute atomic E-state index is 0.247. The Morgan fingerprint density at radius 3 is 2.78 bits per heavy atom. The molecular formula is C14H18ClNO2. The highest BCUT2D eigenvalue weighted by Crippen LogP contribution is 2.26. The van der Waals surface area contributed by atoms with Crippen LogP contribution >= 0.6 is 11.6 Å². The molecule has 1 fully saturated rings. The lowest BCUT2D eigenvalue weighted by atomic mass is 9.87. The van der Waals surface area contributed by atoms with Gasteiger partial charge in [-0.25, -0.2) is 0 Å². The maximum Gasteiger partial charge on any atom is 0.306 e. The van der Waals surface area contributed by atoms with Gasteiger partial charge in [0.1, 0.15) is 0 Å². The Kier molecular flexibility index (Phi) is 3.93. The van der Waals surface area contributed by atoms with Gasteiger partial charge in [0.05, 0.1) is 5.92 Å². The van der Waals surface area contributed by atoms with Crippen LogP contribution < -0.4 is 0 Å². The minimum atomic E-state index is -0.696. The number of carbonyl (C=O) groups is 1. The van der Waals surface area contributed by atoms with E-state index in [4.69, 9.17) is 16.7 Å². The first kappa shape index (κ1) is 13.4. The smallest absolute Gasteiger partial charge is 0.306 e. The number of carboxylic acids is 1. The van der Waals surface area contributed by atoms with Crippen LogP contribution in [-0.4, -0.2) is 29.1 Å². The van der Waals surface area contributed by atoms with Crippen molar-refractivity contribution in [3.05, 3.63) is 34.3 Å². The van der Waals surface area contributed by atoms with Crippen LogP contribution in [0, 0.1) is 18.8 Å². The lowest BCUT2D eigenvalue weighted by Crippen LogP contribution is -2.50. The first-order valence-corrected chi connectivity index (χ1v) is 6.55. The molecule has 1 aromatic rings. The summed E-state index contributed by atoms with van der Waals surface area (Å²) in [5.41, 5.74) is 2.27. The third kappa shape index (κ3) is 2.85. The second-order valence-corrected chi connectivity index (χ2v) is 5.57. The predicted molar refractivity (Wildman–Crippen MR) is 71.8 cm³/mol. The Morgan fingerprint density at radius 1 is 1.56 bits per heavy atom. The fourth-order valence-electron chi connectivity index (χ4n) is 2.25. The molecule has 1 aliphatic rings. The van der Waals surface area contributed by atoms with Gasteiger partial charge in [-0.2, -0.15) is 0 Å². The molecule has 0 amide bonds. The zero-order valence-corrected chi connectivity index (χ0v) is 11.4. The normalized spacial score (nSPS) is 18.4. The molecule has 0 spiro atoms. The quantitative estimate of drug-likeness (QED) is 0.912. The summed E-state index contributed by atoms with van der Waals surface area (Å²) in [6.45, 7) is 6.34. The summed E-state index contributed by atoms with van der Waals surface area (Å²) in [5.74, 6) is -0.663. The maximum atomic E-state index is 10.8. The van der Waals surface area contributed by atoms with Crippen LogP contribution in [-0.2, 0) is 11.3 Å². The topological polar surface area (TPSA) is 40.5 Å². The van der Waals surface area contributed by atoms with Crippen LogP contribution in [0.5, 0.6) is 0 Å². The van der Waals surface area contributed by atoms with E-state index in [0.29, 0.717) is 0 Å².